The number of methoxy groups -OCH3 is 1. The van der Waals surface area contributed by atoms with E-state index in [0.717, 1.165) is 4.88 Å². The van der Waals surface area contributed by atoms with Gasteiger partial charge in [0.15, 0.2) is 0 Å². The van der Waals surface area contributed by atoms with E-state index in [9.17, 15) is 9.59 Å². The van der Waals surface area contributed by atoms with Crippen LogP contribution in [0, 0.1) is 5.92 Å². The highest BCUT2D eigenvalue weighted by Crippen LogP contribution is 2.29. The molecule has 154 valence electrons. The lowest BCUT2D eigenvalue weighted by Gasteiger charge is -2.22. The molecule has 2 heterocycles. The van der Waals surface area contributed by atoms with Crippen molar-refractivity contribution in [1.82, 2.24) is 25.6 Å². The molecule has 0 saturated carbocycles. The maximum Gasteiger partial charge on any atom is 0.245 e. The summed E-state index contributed by atoms with van der Waals surface area (Å²) in [6, 6.07) is 2.41. The molecule has 0 radical (unpaired) electrons. The van der Waals surface area contributed by atoms with Crippen molar-refractivity contribution in [1.29, 1.82) is 0 Å². The number of amides is 2. The Morgan fingerprint density at radius 3 is 2.64 bits per heavy atom. The number of aromatic nitrogens is 3. The smallest absolute Gasteiger partial charge is 0.245 e. The Labute approximate surface area is 173 Å². The molecule has 0 aliphatic heterocycles. The number of carbonyl (C=O) groups is 2. The molecule has 2 N–H and O–H groups in total. The molecule has 1 unspecified atom stereocenters. The van der Waals surface area contributed by atoms with E-state index in [-0.39, 0.29) is 17.7 Å². The van der Waals surface area contributed by atoms with Crippen molar-refractivity contribution < 1.29 is 14.3 Å². The fraction of sp³-hybridized carbons (Fsp3) is 0.556. The summed E-state index contributed by atoms with van der Waals surface area (Å²) in [4.78, 5) is 26.0. The van der Waals surface area contributed by atoms with Gasteiger partial charge in [-0.3, -0.25) is 9.59 Å². The number of hydrogen-bond acceptors (Lipinski definition) is 6. The van der Waals surface area contributed by atoms with Crippen LogP contribution in [0.3, 0.4) is 0 Å². The summed E-state index contributed by atoms with van der Waals surface area (Å²) in [5, 5.41) is 13.8. The fourth-order valence-electron chi connectivity index (χ4n) is 2.55. The maximum absolute atomic E-state index is 12.7. The number of carbonyl (C=O) groups excluding carboxylic acids is 2. The van der Waals surface area contributed by atoms with Gasteiger partial charge in [-0.2, -0.15) is 0 Å². The Balaban J connectivity index is 2.03. The molecule has 28 heavy (non-hydrogen) atoms. The summed E-state index contributed by atoms with van der Waals surface area (Å²) in [6.45, 7) is 6.52. The van der Waals surface area contributed by atoms with Crippen molar-refractivity contribution in [3.05, 3.63) is 22.7 Å². The van der Waals surface area contributed by atoms with E-state index < -0.39 is 12.1 Å². The third-order valence-corrected chi connectivity index (χ3v) is 5.31. The van der Waals surface area contributed by atoms with Crippen molar-refractivity contribution in [3.8, 4) is 10.6 Å². The van der Waals surface area contributed by atoms with Crippen molar-refractivity contribution in [2.75, 3.05) is 20.3 Å². The molecule has 2 rings (SSSR count). The van der Waals surface area contributed by atoms with E-state index in [1.165, 1.54) is 16.0 Å². The summed E-state index contributed by atoms with van der Waals surface area (Å²) < 4.78 is 7.08. The van der Waals surface area contributed by atoms with Crippen molar-refractivity contribution >= 4 is 34.8 Å². The molecule has 2 aromatic rings. The first-order valence-corrected chi connectivity index (χ1v) is 10.3. The summed E-state index contributed by atoms with van der Waals surface area (Å²) in [7, 11) is 1.57. The van der Waals surface area contributed by atoms with Gasteiger partial charge in [0.2, 0.25) is 11.8 Å². The third kappa shape index (κ3) is 6.29. The zero-order valence-corrected chi connectivity index (χ0v) is 18.0. The molecule has 0 aromatic carbocycles. The molecular weight excluding hydrogens is 402 g/mol. The van der Waals surface area contributed by atoms with E-state index in [0.29, 0.717) is 29.6 Å². The first kappa shape index (κ1) is 22.3. The molecule has 0 spiro atoms. The van der Waals surface area contributed by atoms with Crippen LogP contribution in [0.1, 0.15) is 33.2 Å². The highest BCUT2D eigenvalue weighted by Gasteiger charge is 2.25. The van der Waals surface area contributed by atoms with Crippen LogP contribution in [0.5, 0.6) is 0 Å². The van der Waals surface area contributed by atoms with Crippen LogP contribution in [-0.4, -0.2) is 53.1 Å². The SMILES string of the molecule is COCCNC(=O)[C@H](CC(C)C)NC(=O)C(C)n1cc(-c2ccc(Cl)s2)nn1. The van der Waals surface area contributed by atoms with Gasteiger partial charge in [-0.1, -0.05) is 30.7 Å². The van der Waals surface area contributed by atoms with Gasteiger partial charge in [-0.25, -0.2) is 4.68 Å². The second kappa shape index (κ2) is 10.5. The first-order chi connectivity index (χ1) is 13.3. The molecule has 10 heteroatoms. The van der Waals surface area contributed by atoms with Gasteiger partial charge >= 0.3 is 0 Å². The lowest BCUT2D eigenvalue weighted by atomic mass is 10.0. The molecule has 2 aromatic heterocycles. The van der Waals surface area contributed by atoms with Crippen molar-refractivity contribution in [3.63, 3.8) is 0 Å². The highest BCUT2D eigenvalue weighted by molar-refractivity contribution is 7.19. The highest BCUT2D eigenvalue weighted by atomic mass is 35.5. The molecular formula is C18H26ClN5O3S. The van der Waals surface area contributed by atoms with E-state index in [1.54, 1.807) is 26.3 Å². The minimum Gasteiger partial charge on any atom is -0.383 e. The van der Waals surface area contributed by atoms with Crippen molar-refractivity contribution in [2.45, 2.75) is 39.3 Å². The topological polar surface area (TPSA) is 98.1 Å². The normalized spacial score (nSPS) is 13.4. The van der Waals surface area contributed by atoms with Crippen LogP contribution in [0.4, 0.5) is 0 Å². The molecule has 0 bridgehead atoms. The Bertz CT molecular complexity index is 792. The zero-order chi connectivity index (χ0) is 20.7. The minimum atomic E-state index is -0.620. The van der Waals surface area contributed by atoms with Crippen LogP contribution in [0.25, 0.3) is 10.6 Å². The van der Waals surface area contributed by atoms with Crippen LogP contribution >= 0.6 is 22.9 Å². The number of nitrogens with one attached hydrogen (secondary N) is 2. The Morgan fingerprint density at radius 2 is 2.04 bits per heavy atom. The van der Waals surface area contributed by atoms with E-state index >= 15 is 0 Å². The Hall–Kier alpha value is -1.97. The van der Waals surface area contributed by atoms with Gasteiger partial charge in [-0.05, 0) is 31.4 Å². The van der Waals surface area contributed by atoms with Gasteiger partial charge in [0.25, 0.3) is 0 Å². The van der Waals surface area contributed by atoms with Crippen LogP contribution < -0.4 is 10.6 Å². The lowest BCUT2D eigenvalue weighted by Crippen LogP contribution is -2.49. The number of thiophene rings is 1. The lowest BCUT2D eigenvalue weighted by molar-refractivity contribution is -0.131. The number of nitrogens with zero attached hydrogens (tertiary/aromatic N) is 3. The van der Waals surface area contributed by atoms with Gasteiger partial charge in [0, 0.05) is 13.7 Å². The summed E-state index contributed by atoms with van der Waals surface area (Å²) in [5.41, 5.74) is 0.646. The molecule has 2 atom stereocenters. The van der Waals surface area contributed by atoms with Crippen molar-refractivity contribution in [2.24, 2.45) is 5.92 Å². The van der Waals surface area contributed by atoms with Gasteiger partial charge < -0.3 is 15.4 Å². The molecule has 0 aliphatic rings. The molecule has 8 nitrogen and oxygen atoms in total. The largest absolute Gasteiger partial charge is 0.383 e. The van der Waals surface area contributed by atoms with E-state index in [4.69, 9.17) is 16.3 Å². The van der Waals surface area contributed by atoms with E-state index in [1.807, 2.05) is 19.9 Å². The summed E-state index contributed by atoms with van der Waals surface area (Å²) in [5.74, 6) is -0.276. The second-order valence-corrected chi connectivity index (χ2v) is 8.55. The summed E-state index contributed by atoms with van der Waals surface area (Å²) >= 11 is 7.35. The molecule has 0 saturated heterocycles. The van der Waals surface area contributed by atoms with Crippen LogP contribution in [0.2, 0.25) is 4.34 Å². The van der Waals surface area contributed by atoms with Crippen LogP contribution in [0.15, 0.2) is 18.3 Å². The Kier molecular flexibility index (Phi) is 8.40. The summed E-state index contributed by atoms with van der Waals surface area (Å²) in [6.07, 6.45) is 2.23. The number of rotatable bonds is 10. The quantitative estimate of drug-likeness (QED) is 0.567. The monoisotopic (exact) mass is 427 g/mol. The fourth-order valence-corrected chi connectivity index (χ4v) is 3.54. The second-order valence-electron chi connectivity index (χ2n) is 6.84. The standard InChI is InChI=1S/C18H26ClN5O3S/c1-11(2)9-13(18(26)20-7-8-27-4)21-17(25)12(3)24-10-14(22-23-24)15-5-6-16(19)28-15/h5-6,10-13H,7-9H2,1-4H3,(H,20,26)(H,21,25)/t12?,13-/m0/s1. The predicted molar refractivity (Wildman–Crippen MR) is 109 cm³/mol. The number of halogens is 1. The average Bonchev–Trinajstić information content (AvgIpc) is 3.29. The first-order valence-electron chi connectivity index (χ1n) is 9.06. The minimum absolute atomic E-state index is 0.223. The van der Waals surface area contributed by atoms with Gasteiger partial charge in [0.1, 0.15) is 17.8 Å². The number of ether oxygens (including phenoxy) is 1. The molecule has 2 amide bonds. The Morgan fingerprint density at radius 1 is 1.29 bits per heavy atom. The maximum atomic E-state index is 12.7. The zero-order valence-electron chi connectivity index (χ0n) is 16.4. The molecule has 0 aliphatic carbocycles. The molecule has 0 fully saturated rings. The van der Waals surface area contributed by atoms with Crippen LogP contribution in [-0.2, 0) is 14.3 Å². The van der Waals surface area contributed by atoms with Gasteiger partial charge in [0.05, 0.1) is 22.0 Å². The average molecular weight is 428 g/mol. The van der Waals surface area contributed by atoms with Gasteiger partial charge in [-0.15, -0.1) is 16.4 Å². The predicted octanol–water partition coefficient (Wildman–Crippen LogP) is 2.51. The third-order valence-electron chi connectivity index (χ3n) is 4.06. The number of hydrogen-bond donors (Lipinski definition) is 2. The van der Waals surface area contributed by atoms with E-state index in [2.05, 4.69) is 20.9 Å².